The van der Waals surface area contributed by atoms with Crippen molar-refractivity contribution < 1.29 is 4.42 Å². The lowest BCUT2D eigenvalue weighted by atomic mass is 9.91. The van der Waals surface area contributed by atoms with Crippen LogP contribution < -0.4 is 0 Å². The predicted molar refractivity (Wildman–Crippen MR) is 179 cm³/mol. The van der Waals surface area contributed by atoms with Crippen LogP contribution in [0.1, 0.15) is 5.56 Å². The molecule has 0 bridgehead atoms. The van der Waals surface area contributed by atoms with Crippen LogP contribution in [0.5, 0.6) is 0 Å². The van der Waals surface area contributed by atoms with Gasteiger partial charge in [0.1, 0.15) is 11.2 Å². The second-order valence-corrected chi connectivity index (χ2v) is 10.8. The maximum absolute atomic E-state index is 9.36. The molecule has 210 valence electrons. The molecule has 5 heteroatoms. The summed E-state index contributed by atoms with van der Waals surface area (Å²) in [6.45, 7) is 0. The highest BCUT2D eigenvalue weighted by Gasteiger charge is 2.18. The quantitative estimate of drug-likeness (QED) is 0.204. The molecule has 8 rings (SSSR count). The molecule has 45 heavy (non-hydrogen) atoms. The van der Waals surface area contributed by atoms with Gasteiger partial charge in [0.05, 0.1) is 11.6 Å². The van der Waals surface area contributed by atoms with Gasteiger partial charge in [-0.25, -0.2) is 15.0 Å². The Labute approximate surface area is 259 Å². The Kier molecular flexibility index (Phi) is 6.44. The lowest BCUT2D eigenvalue weighted by Gasteiger charge is -2.13. The van der Waals surface area contributed by atoms with Crippen LogP contribution >= 0.6 is 0 Å². The van der Waals surface area contributed by atoms with E-state index in [2.05, 4.69) is 48.5 Å². The summed E-state index contributed by atoms with van der Waals surface area (Å²) in [5, 5.41) is 11.5. The smallest absolute Gasteiger partial charge is 0.164 e. The number of hydrogen-bond acceptors (Lipinski definition) is 5. The zero-order valence-corrected chi connectivity index (χ0v) is 24.1. The number of fused-ring (bicyclic) bond motifs is 3. The van der Waals surface area contributed by atoms with Crippen molar-refractivity contribution in [3.63, 3.8) is 0 Å². The third-order valence-electron chi connectivity index (χ3n) is 8.00. The van der Waals surface area contributed by atoms with E-state index in [0.29, 0.717) is 23.0 Å². The molecular formula is C40H24N4O. The van der Waals surface area contributed by atoms with Crippen LogP contribution in [0.25, 0.3) is 78.4 Å². The van der Waals surface area contributed by atoms with E-state index in [1.807, 2.05) is 103 Å². The first kappa shape index (κ1) is 26.3. The van der Waals surface area contributed by atoms with Crippen LogP contribution in [-0.4, -0.2) is 15.0 Å². The van der Waals surface area contributed by atoms with Gasteiger partial charge in [-0.05, 0) is 41.0 Å². The molecule has 0 aliphatic heterocycles. The fourth-order valence-corrected chi connectivity index (χ4v) is 5.76. The summed E-state index contributed by atoms with van der Waals surface area (Å²) < 4.78 is 6.50. The molecule has 0 unspecified atom stereocenters. The van der Waals surface area contributed by atoms with Crippen LogP contribution in [0.2, 0.25) is 0 Å². The number of nitrogens with zero attached hydrogens (tertiary/aromatic N) is 4. The Bertz CT molecular complexity index is 2300. The van der Waals surface area contributed by atoms with Gasteiger partial charge in [-0.2, -0.15) is 5.26 Å². The predicted octanol–water partition coefficient (Wildman–Crippen LogP) is 9.98. The molecule has 5 nitrogen and oxygen atoms in total. The van der Waals surface area contributed by atoms with Crippen molar-refractivity contribution >= 4 is 21.9 Å². The van der Waals surface area contributed by atoms with E-state index in [1.165, 1.54) is 0 Å². The van der Waals surface area contributed by atoms with E-state index in [4.69, 9.17) is 19.4 Å². The largest absolute Gasteiger partial charge is 0.455 e. The zero-order chi connectivity index (χ0) is 30.2. The molecular weight excluding hydrogens is 552 g/mol. The highest BCUT2D eigenvalue weighted by atomic mass is 16.3. The van der Waals surface area contributed by atoms with Gasteiger partial charge in [-0.3, -0.25) is 0 Å². The number of nitriles is 1. The Balaban J connectivity index is 1.29. The highest BCUT2D eigenvalue weighted by molar-refractivity contribution is 6.12. The molecule has 0 saturated carbocycles. The molecule has 0 amide bonds. The summed E-state index contributed by atoms with van der Waals surface area (Å²) in [4.78, 5) is 14.6. The molecule has 0 spiro atoms. The van der Waals surface area contributed by atoms with E-state index in [9.17, 15) is 5.26 Å². The molecule has 0 N–H and O–H groups in total. The average Bonchev–Trinajstić information content (AvgIpc) is 3.51. The van der Waals surface area contributed by atoms with Gasteiger partial charge < -0.3 is 4.42 Å². The average molecular weight is 577 g/mol. The molecule has 6 aromatic carbocycles. The van der Waals surface area contributed by atoms with Gasteiger partial charge in [0.2, 0.25) is 0 Å². The van der Waals surface area contributed by atoms with Crippen LogP contribution in [0.4, 0.5) is 0 Å². The molecule has 2 heterocycles. The summed E-state index contributed by atoms with van der Waals surface area (Å²) in [6.07, 6.45) is 0. The Morgan fingerprint density at radius 3 is 1.56 bits per heavy atom. The summed E-state index contributed by atoms with van der Waals surface area (Å²) in [5.74, 6) is 1.85. The normalized spacial score (nSPS) is 11.1. The van der Waals surface area contributed by atoms with E-state index in [-0.39, 0.29) is 0 Å². The summed E-state index contributed by atoms with van der Waals surface area (Å²) >= 11 is 0. The molecule has 0 aliphatic carbocycles. The van der Waals surface area contributed by atoms with E-state index in [0.717, 1.165) is 60.9 Å². The van der Waals surface area contributed by atoms with Crippen LogP contribution in [0.15, 0.2) is 150 Å². The fraction of sp³-hybridized carbons (Fsp3) is 0. The summed E-state index contributed by atoms with van der Waals surface area (Å²) in [7, 11) is 0. The maximum atomic E-state index is 9.36. The van der Waals surface area contributed by atoms with Gasteiger partial charge in [-0.1, -0.05) is 121 Å². The second kappa shape index (κ2) is 11.0. The van der Waals surface area contributed by atoms with Crippen LogP contribution in [0, 0.1) is 11.3 Å². The maximum Gasteiger partial charge on any atom is 0.164 e. The van der Waals surface area contributed by atoms with Crippen LogP contribution in [-0.2, 0) is 0 Å². The van der Waals surface area contributed by atoms with Gasteiger partial charge >= 0.3 is 0 Å². The van der Waals surface area contributed by atoms with Crippen molar-refractivity contribution in [2.45, 2.75) is 0 Å². The van der Waals surface area contributed by atoms with Crippen molar-refractivity contribution in [3.05, 3.63) is 151 Å². The molecule has 0 radical (unpaired) electrons. The van der Waals surface area contributed by atoms with Crippen molar-refractivity contribution in [1.29, 1.82) is 5.26 Å². The minimum atomic E-state index is 0.600. The summed E-state index contributed by atoms with van der Waals surface area (Å²) in [6, 6.07) is 50.5. The first-order valence-corrected chi connectivity index (χ1v) is 14.7. The lowest BCUT2D eigenvalue weighted by molar-refractivity contribution is 0.670. The van der Waals surface area contributed by atoms with Gasteiger partial charge in [0.15, 0.2) is 17.5 Å². The number of hydrogen-bond donors (Lipinski definition) is 0. The fourth-order valence-electron chi connectivity index (χ4n) is 5.76. The van der Waals surface area contributed by atoms with Crippen LogP contribution in [0.3, 0.4) is 0 Å². The Hall–Kier alpha value is -6.38. The third-order valence-corrected chi connectivity index (χ3v) is 8.00. The van der Waals surface area contributed by atoms with Crippen molar-refractivity contribution in [2.24, 2.45) is 0 Å². The minimum Gasteiger partial charge on any atom is -0.455 e. The molecule has 2 aromatic heterocycles. The van der Waals surface area contributed by atoms with Crippen molar-refractivity contribution in [1.82, 2.24) is 15.0 Å². The SMILES string of the molecule is N#Cc1ccc(-c2ccc3c(oc4ccccc43)c2-c2ccc(-c3nc(-c4ccccc4)nc(-c4ccccc4)n3)cc2)cc1. The molecule has 0 aliphatic rings. The lowest BCUT2D eigenvalue weighted by Crippen LogP contribution is -2.00. The Morgan fingerprint density at radius 2 is 0.956 bits per heavy atom. The number of para-hydroxylation sites is 1. The minimum absolute atomic E-state index is 0.600. The van der Waals surface area contributed by atoms with E-state index < -0.39 is 0 Å². The monoisotopic (exact) mass is 576 g/mol. The highest BCUT2D eigenvalue weighted by Crippen LogP contribution is 2.42. The molecule has 0 fully saturated rings. The number of rotatable bonds is 5. The first-order chi connectivity index (χ1) is 22.2. The molecule has 0 saturated heterocycles. The van der Waals surface area contributed by atoms with Gasteiger partial charge in [0, 0.05) is 33.0 Å². The zero-order valence-electron chi connectivity index (χ0n) is 24.1. The number of aromatic nitrogens is 3. The summed E-state index contributed by atoms with van der Waals surface area (Å²) in [5.41, 5.74) is 9.05. The third kappa shape index (κ3) is 4.81. The van der Waals surface area contributed by atoms with E-state index in [1.54, 1.807) is 0 Å². The molecule has 0 atom stereocenters. The standard InChI is InChI=1S/C40H24N4O/c41-25-26-15-17-27(18-16-26)32-23-24-34-33-13-7-8-14-35(33)45-37(34)36(32)28-19-21-31(22-20-28)40-43-38(29-9-3-1-4-10-29)42-39(44-40)30-11-5-2-6-12-30/h1-24H. The second-order valence-electron chi connectivity index (χ2n) is 10.8. The molecule has 8 aromatic rings. The van der Waals surface area contributed by atoms with Gasteiger partial charge in [0.25, 0.3) is 0 Å². The topological polar surface area (TPSA) is 75.6 Å². The number of benzene rings is 6. The van der Waals surface area contributed by atoms with Crippen molar-refractivity contribution in [3.8, 4) is 62.5 Å². The van der Waals surface area contributed by atoms with E-state index >= 15 is 0 Å². The van der Waals surface area contributed by atoms with Gasteiger partial charge in [-0.15, -0.1) is 0 Å². The van der Waals surface area contributed by atoms with Crippen molar-refractivity contribution in [2.75, 3.05) is 0 Å². The first-order valence-electron chi connectivity index (χ1n) is 14.7. The number of furan rings is 1. The Morgan fingerprint density at radius 1 is 0.444 bits per heavy atom.